The topological polar surface area (TPSA) is 66.5 Å². The lowest BCUT2D eigenvalue weighted by Gasteiger charge is -2.08. The number of fused-ring (bicyclic) bond motifs is 1. The summed E-state index contributed by atoms with van der Waals surface area (Å²) in [6.45, 7) is 0.710. The fourth-order valence-electron chi connectivity index (χ4n) is 2.66. The number of aromatic amines is 1. The molecule has 4 heterocycles. The fourth-order valence-corrected chi connectivity index (χ4v) is 2.66. The van der Waals surface area contributed by atoms with Crippen LogP contribution in [0.2, 0.25) is 0 Å². The van der Waals surface area contributed by atoms with Crippen molar-refractivity contribution < 1.29 is 0 Å². The van der Waals surface area contributed by atoms with Gasteiger partial charge in [-0.25, -0.2) is 0 Å². The minimum atomic E-state index is 0.710. The van der Waals surface area contributed by atoms with Crippen LogP contribution in [0, 0.1) is 0 Å². The maximum atomic E-state index is 4.20. The molecule has 0 atom stereocenters. The first kappa shape index (κ1) is 13.5. The number of hydrogen-bond acceptors (Lipinski definition) is 4. The molecule has 0 aliphatic rings. The van der Waals surface area contributed by atoms with Crippen molar-refractivity contribution in [3.05, 3.63) is 73.1 Å². The Morgan fingerprint density at radius 2 is 1.70 bits per heavy atom. The van der Waals surface area contributed by atoms with Gasteiger partial charge in [0.1, 0.15) is 0 Å². The summed E-state index contributed by atoms with van der Waals surface area (Å²) in [5, 5.41) is 4.65. The molecule has 2 N–H and O–H groups in total. The molecule has 0 saturated heterocycles. The van der Waals surface area contributed by atoms with E-state index in [-0.39, 0.29) is 0 Å². The second-order valence-electron chi connectivity index (χ2n) is 5.25. The molecule has 4 rings (SSSR count). The molecule has 0 aliphatic carbocycles. The molecule has 0 radical (unpaired) electrons. The number of anilines is 1. The van der Waals surface area contributed by atoms with Gasteiger partial charge in [0.15, 0.2) is 0 Å². The number of H-pyrrole nitrogens is 1. The molecule has 5 heteroatoms. The standard InChI is InChI=1S/C18H15N5/c1-2-13(10-20-6-1)11-22-18-15-5-9-21-12-16(15)23-17(18)14-3-7-19-8-4-14/h1-10,12,22-23H,11H2. The Morgan fingerprint density at radius 1 is 0.870 bits per heavy atom. The molecule has 0 unspecified atom stereocenters. The highest BCUT2D eigenvalue weighted by Crippen LogP contribution is 2.34. The van der Waals surface area contributed by atoms with E-state index in [4.69, 9.17) is 0 Å². The van der Waals surface area contributed by atoms with Crippen LogP contribution in [0.1, 0.15) is 5.56 Å². The van der Waals surface area contributed by atoms with Crippen molar-refractivity contribution in [1.29, 1.82) is 0 Å². The summed E-state index contributed by atoms with van der Waals surface area (Å²) in [5.74, 6) is 0. The smallest absolute Gasteiger partial charge is 0.0702 e. The molecule has 23 heavy (non-hydrogen) atoms. The second-order valence-corrected chi connectivity index (χ2v) is 5.25. The average Bonchev–Trinajstić information content (AvgIpc) is 3.00. The summed E-state index contributed by atoms with van der Waals surface area (Å²) in [4.78, 5) is 15.9. The predicted octanol–water partition coefficient (Wildman–Crippen LogP) is 3.63. The zero-order valence-electron chi connectivity index (χ0n) is 12.4. The van der Waals surface area contributed by atoms with Gasteiger partial charge in [0.2, 0.25) is 0 Å². The maximum Gasteiger partial charge on any atom is 0.0702 e. The van der Waals surface area contributed by atoms with E-state index in [0.29, 0.717) is 6.54 Å². The van der Waals surface area contributed by atoms with E-state index >= 15 is 0 Å². The van der Waals surface area contributed by atoms with E-state index in [1.54, 1.807) is 18.6 Å². The van der Waals surface area contributed by atoms with Crippen molar-refractivity contribution in [3.8, 4) is 11.3 Å². The van der Waals surface area contributed by atoms with Gasteiger partial charge in [-0.3, -0.25) is 15.0 Å². The van der Waals surface area contributed by atoms with E-state index in [1.165, 1.54) is 0 Å². The van der Waals surface area contributed by atoms with Crippen molar-refractivity contribution in [2.75, 3.05) is 5.32 Å². The lowest BCUT2D eigenvalue weighted by atomic mass is 10.1. The first-order chi connectivity index (χ1) is 11.4. The van der Waals surface area contributed by atoms with E-state index in [2.05, 4.69) is 31.3 Å². The highest BCUT2D eigenvalue weighted by Gasteiger charge is 2.12. The van der Waals surface area contributed by atoms with Gasteiger partial charge >= 0.3 is 0 Å². The van der Waals surface area contributed by atoms with Crippen LogP contribution < -0.4 is 5.32 Å². The number of nitrogens with zero attached hydrogens (tertiary/aromatic N) is 3. The molecule has 112 valence electrons. The van der Waals surface area contributed by atoms with Gasteiger partial charge in [-0.05, 0) is 29.8 Å². The van der Waals surface area contributed by atoms with E-state index in [9.17, 15) is 0 Å². The minimum absolute atomic E-state index is 0.710. The van der Waals surface area contributed by atoms with Crippen LogP contribution in [0.25, 0.3) is 22.2 Å². The molecule has 0 saturated carbocycles. The summed E-state index contributed by atoms with van der Waals surface area (Å²) in [5.41, 5.74) is 5.34. The Kier molecular flexibility index (Phi) is 3.44. The van der Waals surface area contributed by atoms with Crippen LogP contribution in [-0.2, 0) is 6.54 Å². The quantitative estimate of drug-likeness (QED) is 0.604. The van der Waals surface area contributed by atoms with Gasteiger partial charge in [-0.2, -0.15) is 0 Å². The maximum absolute atomic E-state index is 4.20. The third-order valence-corrected chi connectivity index (χ3v) is 3.76. The molecule has 0 fully saturated rings. The first-order valence-electron chi connectivity index (χ1n) is 7.41. The van der Waals surface area contributed by atoms with Gasteiger partial charge < -0.3 is 10.3 Å². The molecular formula is C18H15N5. The number of hydrogen-bond donors (Lipinski definition) is 2. The number of aromatic nitrogens is 4. The van der Waals surface area contributed by atoms with Gasteiger partial charge in [-0.15, -0.1) is 0 Å². The van der Waals surface area contributed by atoms with Crippen molar-refractivity contribution in [1.82, 2.24) is 19.9 Å². The molecule has 0 bridgehead atoms. The van der Waals surface area contributed by atoms with Crippen LogP contribution >= 0.6 is 0 Å². The SMILES string of the molecule is c1cncc(CNc2c(-c3ccncc3)[nH]c3cnccc23)c1. The average molecular weight is 301 g/mol. The molecule has 0 aliphatic heterocycles. The Morgan fingerprint density at radius 3 is 2.52 bits per heavy atom. The summed E-state index contributed by atoms with van der Waals surface area (Å²) < 4.78 is 0. The van der Waals surface area contributed by atoms with Crippen LogP contribution in [0.15, 0.2) is 67.5 Å². The van der Waals surface area contributed by atoms with Crippen molar-refractivity contribution >= 4 is 16.6 Å². The van der Waals surface area contributed by atoms with E-state index in [0.717, 1.165) is 33.4 Å². The predicted molar refractivity (Wildman–Crippen MR) is 90.9 cm³/mol. The zero-order chi connectivity index (χ0) is 15.5. The Bertz CT molecular complexity index is 916. The second kappa shape index (κ2) is 5.88. The van der Waals surface area contributed by atoms with E-state index < -0.39 is 0 Å². The number of pyridine rings is 3. The lowest BCUT2D eigenvalue weighted by molar-refractivity contribution is 1.12. The zero-order valence-corrected chi connectivity index (χ0v) is 12.4. The molecule has 0 spiro atoms. The number of nitrogens with one attached hydrogen (secondary N) is 2. The molecule has 4 aromatic rings. The van der Waals surface area contributed by atoms with Gasteiger partial charge in [0.25, 0.3) is 0 Å². The lowest BCUT2D eigenvalue weighted by Crippen LogP contribution is -2.00. The van der Waals surface area contributed by atoms with Gasteiger partial charge in [-0.1, -0.05) is 6.07 Å². The molecule has 0 aromatic carbocycles. The third-order valence-electron chi connectivity index (χ3n) is 3.76. The van der Waals surface area contributed by atoms with Crippen LogP contribution in [0.3, 0.4) is 0 Å². The van der Waals surface area contributed by atoms with Crippen LogP contribution in [0.5, 0.6) is 0 Å². The molecule has 4 aromatic heterocycles. The molecule has 0 amide bonds. The summed E-state index contributed by atoms with van der Waals surface area (Å²) in [6.07, 6.45) is 10.9. The monoisotopic (exact) mass is 301 g/mol. The van der Waals surface area contributed by atoms with Crippen molar-refractivity contribution in [3.63, 3.8) is 0 Å². The summed E-state index contributed by atoms with van der Waals surface area (Å²) in [7, 11) is 0. The third kappa shape index (κ3) is 2.64. The summed E-state index contributed by atoms with van der Waals surface area (Å²) >= 11 is 0. The number of rotatable bonds is 4. The van der Waals surface area contributed by atoms with Crippen molar-refractivity contribution in [2.24, 2.45) is 0 Å². The highest BCUT2D eigenvalue weighted by molar-refractivity contribution is 6.00. The largest absolute Gasteiger partial charge is 0.379 e. The van der Waals surface area contributed by atoms with Crippen LogP contribution in [-0.4, -0.2) is 19.9 Å². The van der Waals surface area contributed by atoms with E-state index in [1.807, 2.05) is 42.9 Å². The highest BCUT2D eigenvalue weighted by atomic mass is 14.9. The molecule has 5 nitrogen and oxygen atoms in total. The summed E-state index contributed by atoms with van der Waals surface area (Å²) in [6, 6.07) is 10.0. The fraction of sp³-hybridized carbons (Fsp3) is 0.0556. The Hall–Kier alpha value is -3.21. The van der Waals surface area contributed by atoms with Crippen molar-refractivity contribution in [2.45, 2.75) is 6.54 Å². The minimum Gasteiger partial charge on any atom is -0.379 e. The normalized spacial score (nSPS) is 10.8. The molecular weight excluding hydrogens is 286 g/mol. The van der Waals surface area contributed by atoms with Gasteiger partial charge in [0.05, 0.1) is 23.1 Å². The Labute approximate surface area is 133 Å². The Balaban J connectivity index is 1.77. The first-order valence-corrected chi connectivity index (χ1v) is 7.41. The van der Waals surface area contributed by atoms with Gasteiger partial charge in [0, 0.05) is 48.5 Å². The van der Waals surface area contributed by atoms with Crippen LogP contribution in [0.4, 0.5) is 5.69 Å².